The first-order chi connectivity index (χ1) is 22.6. The third kappa shape index (κ3) is 33.1. The van der Waals surface area contributed by atoms with Gasteiger partial charge in [-0.15, -0.1) is 0 Å². The van der Waals surface area contributed by atoms with Gasteiger partial charge in [-0.2, -0.15) is 0 Å². The molecule has 0 aliphatic carbocycles. The zero-order valence-electron chi connectivity index (χ0n) is 29.0. The van der Waals surface area contributed by atoms with Gasteiger partial charge in [0.05, 0.1) is 19.1 Å². The number of carbonyl (C=O) groups excluding carboxylic acids is 4. The molecule has 11 nitrogen and oxygen atoms in total. The highest BCUT2D eigenvalue weighted by Gasteiger charge is 2.21. The molecule has 0 aromatic heterocycles. The summed E-state index contributed by atoms with van der Waals surface area (Å²) >= 11 is 0. The van der Waals surface area contributed by atoms with Crippen LogP contribution < -0.4 is 5.32 Å². The Hall–Kier alpha value is -2.66. The first-order valence-corrected chi connectivity index (χ1v) is 18.0. The van der Waals surface area contributed by atoms with Crippen LogP contribution in [0.2, 0.25) is 0 Å². The Morgan fingerprint density at radius 2 is 1.02 bits per heavy atom. The summed E-state index contributed by atoms with van der Waals surface area (Å²) in [7, 11) is 0. The van der Waals surface area contributed by atoms with Crippen LogP contribution in [0.5, 0.6) is 0 Å². The lowest BCUT2D eigenvalue weighted by Gasteiger charge is -2.10. The number of rotatable bonds is 36. The lowest BCUT2D eigenvalue weighted by molar-refractivity contribution is -0.144. The maximum absolute atomic E-state index is 12.1. The van der Waals surface area contributed by atoms with Crippen molar-refractivity contribution in [2.75, 3.05) is 33.0 Å². The van der Waals surface area contributed by atoms with E-state index in [2.05, 4.69) is 5.32 Å². The van der Waals surface area contributed by atoms with Crippen LogP contribution in [0.3, 0.4) is 0 Å². The van der Waals surface area contributed by atoms with Crippen LogP contribution in [0.15, 0.2) is 0 Å². The first kappa shape index (κ1) is 44.3. The molecule has 0 fully saturated rings. The van der Waals surface area contributed by atoms with Crippen LogP contribution in [-0.4, -0.2) is 78.4 Å². The molecule has 0 saturated carbocycles. The van der Waals surface area contributed by atoms with Gasteiger partial charge in [-0.1, -0.05) is 64.2 Å². The number of nitrogens with one attached hydrogen (secondary N) is 1. The number of carboxylic acids is 2. The molecule has 272 valence electrons. The van der Waals surface area contributed by atoms with Crippen LogP contribution >= 0.6 is 0 Å². The van der Waals surface area contributed by atoms with E-state index in [1.54, 1.807) is 0 Å². The molecule has 0 saturated heterocycles. The Kier molecular flexibility index (Phi) is 30.1. The third-order valence-corrected chi connectivity index (χ3v) is 8.05. The Labute approximate surface area is 282 Å². The number of ether oxygens (including phenoxy) is 2. The predicted molar refractivity (Wildman–Crippen MR) is 180 cm³/mol. The van der Waals surface area contributed by atoms with Crippen LogP contribution in [0.25, 0.3) is 0 Å². The van der Waals surface area contributed by atoms with Crippen LogP contribution in [0.4, 0.5) is 0 Å². The van der Waals surface area contributed by atoms with E-state index in [0.29, 0.717) is 58.0 Å². The molecular formula is C36H63NO10. The molecule has 11 heteroatoms. The largest absolute Gasteiger partial charge is 0.481 e. The second-order valence-electron chi connectivity index (χ2n) is 12.6. The lowest BCUT2D eigenvalue weighted by Crippen LogP contribution is -2.26. The number of aliphatic carboxylic acids is 2. The zero-order valence-corrected chi connectivity index (χ0v) is 29.0. The Balaban J connectivity index is 3.44. The summed E-state index contributed by atoms with van der Waals surface area (Å²) in [6, 6.07) is 0. The van der Waals surface area contributed by atoms with Gasteiger partial charge in [-0.3, -0.25) is 24.0 Å². The van der Waals surface area contributed by atoms with Gasteiger partial charge in [-0.05, 0) is 45.4 Å². The number of carbonyl (C=O) groups is 6. The maximum atomic E-state index is 12.1. The SMILES string of the molecule is CC(=O)CC[C@H](CC(=O)CCC(=O)NCCCOCCOCCCCC(=O)CCCCCCCCCCCCCCC(=O)O)C(=O)O. The highest BCUT2D eigenvalue weighted by Crippen LogP contribution is 2.15. The van der Waals surface area contributed by atoms with E-state index in [4.69, 9.17) is 14.6 Å². The van der Waals surface area contributed by atoms with Crippen molar-refractivity contribution >= 4 is 35.2 Å². The number of ketones is 3. The van der Waals surface area contributed by atoms with Crippen LogP contribution in [0.1, 0.15) is 155 Å². The molecule has 0 spiro atoms. The normalized spacial score (nSPS) is 11.7. The van der Waals surface area contributed by atoms with Crippen molar-refractivity contribution in [3.63, 3.8) is 0 Å². The van der Waals surface area contributed by atoms with Gasteiger partial charge in [0, 0.05) is 64.7 Å². The monoisotopic (exact) mass is 669 g/mol. The Morgan fingerprint density at radius 1 is 0.532 bits per heavy atom. The van der Waals surface area contributed by atoms with Crippen molar-refractivity contribution in [2.45, 2.75) is 155 Å². The molecular weight excluding hydrogens is 606 g/mol. The van der Waals surface area contributed by atoms with E-state index >= 15 is 0 Å². The molecule has 1 amide bonds. The first-order valence-electron chi connectivity index (χ1n) is 18.0. The van der Waals surface area contributed by atoms with E-state index in [9.17, 15) is 33.9 Å². The summed E-state index contributed by atoms with van der Waals surface area (Å²) in [4.78, 5) is 68.9. The molecule has 0 aliphatic rings. The molecule has 0 aliphatic heterocycles. The molecule has 0 aromatic carbocycles. The molecule has 0 aromatic rings. The number of carboxylic acid groups (broad SMARTS) is 2. The zero-order chi connectivity index (χ0) is 35.0. The minimum atomic E-state index is -1.10. The number of amides is 1. The summed E-state index contributed by atoms with van der Waals surface area (Å²) in [5.74, 6) is -3.05. The number of hydrogen-bond acceptors (Lipinski definition) is 8. The van der Waals surface area contributed by atoms with Gasteiger partial charge in [0.15, 0.2) is 0 Å². The van der Waals surface area contributed by atoms with Gasteiger partial charge >= 0.3 is 11.9 Å². The highest BCUT2D eigenvalue weighted by molar-refractivity contribution is 5.87. The lowest BCUT2D eigenvalue weighted by atomic mass is 9.94. The van der Waals surface area contributed by atoms with Gasteiger partial charge in [-0.25, -0.2) is 0 Å². The highest BCUT2D eigenvalue weighted by atomic mass is 16.5. The van der Waals surface area contributed by atoms with E-state index < -0.39 is 17.9 Å². The quantitative estimate of drug-likeness (QED) is 0.0615. The van der Waals surface area contributed by atoms with Crippen LogP contribution in [-0.2, 0) is 38.2 Å². The molecule has 47 heavy (non-hydrogen) atoms. The second kappa shape index (κ2) is 31.9. The summed E-state index contributed by atoms with van der Waals surface area (Å²) in [5, 5.41) is 20.5. The van der Waals surface area contributed by atoms with E-state index in [-0.39, 0.29) is 56.0 Å². The number of hydrogen-bond donors (Lipinski definition) is 3. The van der Waals surface area contributed by atoms with Gasteiger partial charge < -0.3 is 29.8 Å². The molecule has 0 heterocycles. The third-order valence-electron chi connectivity index (χ3n) is 8.05. The van der Waals surface area contributed by atoms with Crippen molar-refractivity contribution in [1.29, 1.82) is 0 Å². The summed E-state index contributed by atoms with van der Waals surface area (Å²) in [5.41, 5.74) is 0. The van der Waals surface area contributed by atoms with Gasteiger partial charge in [0.1, 0.15) is 17.3 Å². The molecule has 1 atom stereocenters. The minimum absolute atomic E-state index is 0.00149. The van der Waals surface area contributed by atoms with Gasteiger partial charge in [0.25, 0.3) is 0 Å². The fourth-order valence-electron chi connectivity index (χ4n) is 5.15. The average molecular weight is 670 g/mol. The van der Waals surface area contributed by atoms with Crippen LogP contribution in [0, 0.1) is 5.92 Å². The number of Topliss-reactive ketones (excluding diaryl/α,β-unsaturated/α-hetero) is 3. The molecule has 0 bridgehead atoms. The Bertz CT molecular complexity index is 876. The number of unbranched alkanes of at least 4 members (excludes halogenated alkanes) is 12. The topological polar surface area (TPSA) is 173 Å². The summed E-state index contributed by atoms with van der Waals surface area (Å²) < 4.78 is 11.1. The summed E-state index contributed by atoms with van der Waals surface area (Å²) in [6.07, 6.45) is 17.6. The second-order valence-corrected chi connectivity index (χ2v) is 12.6. The molecule has 0 rings (SSSR count). The fraction of sp³-hybridized carbons (Fsp3) is 0.833. The standard InChI is InChI=1S/C36H63NO10/c1-30(38)20-21-31(36(44)45)29-33(40)22-23-34(41)37-24-16-26-47-28-27-46-25-15-14-18-32(39)17-12-10-8-6-4-2-3-5-7-9-11-13-19-35(42)43/h31H,2-29H2,1H3,(H,37,41)(H,42,43)(H,44,45)/t31-/m1/s1. The average Bonchev–Trinajstić information content (AvgIpc) is 3.02. The molecule has 0 unspecified atom stereocenters. The Morgan fingerprint density at radius 3 is 1.53 bits per heavy atom. The maximum Gasteiger partial charge on any atom is 0.306 e. The van der Waals surface area contributed by atoms with Crippen molar-refractivity contribution < 1.29 is 48.5 Å². The van der Waals surface area contributed by atoms with Crippen molar-refractivity contribution in [1.82, 2.24) is 5.32 Å². The predicted octanol–water partition coefficient (Wildman–Crippen LogP) is 6.62. The van der Waals surface area contributed by atoms with Crippen molar-refractivity contribution in [2.24, 2.45) is 5.92 Å². The molecule has 3 N–H and O–H groups in total. The van der Waals surface area contributed by atoms with E-state index in [0.717, 1.165) is 44.9 Å². The van der Waals surface area contributed by atoms with Gasteiger partial charge in [0.2, 0.25) is 5.91 Å². The minimum Gasteiger partial charge on any atom is -0.481 e. The van der Waals surface area contributed by atoms with Crippen molar-refractivity contribution in [3.05, 3.63) is 0 Å². The summed E-state index contributed by atoms with van der Waals surface area (Å²) in [6.45, 7) is 3.78. The van der Waals surface area contributed by atoms with Crippen molar-refractivity contribution in [3.8, 4) is 0 Å². The molecule has 0 radical (unpaired) electrons. The smallest absolute Gasteiger partial charge is 0.306 e. The van der Waals surface area contributed by atoms with E-state index in [1.807, 2.05) is 0 Å². The van der Waals surface area contributed by atoms with E-state index in [1.165, 1.54) is 51.9 Å². The fourth-order valence-corrected chi connectivity index (χ4v) is 5.15.